The van der Waals surface area contributed by atoms with Gasteiger partial charge in [0.1, 0.15) is 10.4 Å². The third-order valence-electron chi connectivity index (χ3n) is 8.44. The number of hydrogen-bond acceptors (Lipinski definition) is 4. The molecule has 7 nitrogen and oxygen atoms in total. The van der Waals surface area contributed by atoms with Crippen LogP contribution >= 0.6 is 11.6 Å². The summed E-state index contributed by atoms with van der Waals surface area (Å²) in [5.74, 6) is 0.470. The van der Waals surface area contributed by atoms with Gasteiger partial charge in [0.15, 0.2) is 0 Å². The van der Waals surface area contributed by atoms with Crippen molar-refractivity contribution in [1.29, 1.82) is 0 Å². The highest BCUT2D eigenvalue weighted by Crippen LogP contribution is 2.60. The van der Waals surface area contributed by atoms with Crippen molar-refractivity contribution in [2.24, 2.45) is 28.9 Å². The molecule has 0 aliphatic heterocycles. The summed E-state index contributed by atoms with van der Waals surface area (Å²) in [5, 5.41) is 3.37. The minimum Gasteiger partial charge on any atom is -0.369 e. The van der Waals surface area contributed by atoms with E-state index in [9.17, 15) is 18.0 Å². The van der Waals surface area contributed by atoms with Crippen molar-refractivity contribution < 1.29 is 18.0 Å². The quantitative estimate of drug-likeness (QED) is 0.581. The lowest BCUT2D eigenvalue weighted by atomic mass is 9.47. The molecular weight excluding hydrogens is 450 g/mol. The molecule has 4 bridgehead atoms. The molecule has 5 fully saturated rings. The molecule has 174 valence electrons. The molecule has 32 heavy (non-hydrogen) atoms. The SMILES string of the molecule is NC(=O)C12CC3CC(C1)C(NC(=O)C1(NS(=O)(=O)c4ccccc4Cl)CCCC1)C(C3)C2. The van der Waals surface area contributed by atoms with Gasteiger partial charge >= 0.3 is 0 Å². The molecule has 2 unspecified atom stereocenters. The van der Waals surface area contributed by atoms with E-state index in [1.807, 2.05) is 0 Å². The predicted octanol–water partition coefficient (Wildman–Crippen LogP) is 2.73. The maximum absolute atomic E-state index is 13.6. The number of nitrogens with two attached hydrogens (primary N) is 1. The van der Waals surface area contributed by atoms with Gasteiger partial charge in [-0.1, -0.05) is 36.6 Å². The molecule has 0 radical (unpaired) electrons. The van der Waals surface area contributed by atoms with Gasteiger partial charge in [0.25, 0.3) is 0 Å². The van der Waals surface area contributed by atoms with Crippen LogP contribution in [-0.2, 0) is 19.6 Å². The number of benzene rings is 1. The van der Waals surface area contributed by atoms with Gasteiger partial charge in [-0.3, -0.25) is 9.59 Å². The van der Waals surface area contributed by atoms with Crippen molar-refractivity contribution in [3.8, 4) is 0 Å². The van der Waals surface area contributed by atoms with E-state index in [1.165, 1.54) is 12.1 Å². The summed E-state index contributed by atoms with van der Waals surface area (Å²) in [6.07, 6.45) is 6.78. The second-order valence-corrected chi connectivity index (χ2v) is 12.5. The Morgan fingerprint density at radius 1 is 1.03 bits per heavy atom. The summed E-state index contributed by atoms with van der Waals surface area (Å²) < 4.78 is 29.0. The third kappa shape index (κ3) is 3.55. The van der Waals surface area contributed by atoms with E-state index in [0.29, 0.717) is 18.8 Å². The van der Waals surface area contributed by atoms with Crippen LogP contribution in [0.1, 0.15) is 57.8 Å². The van der Waals surface area contributed by atoms with E-state index >= 15 is 0 Å². The lowest BCUT2D eigenvalue weighted by Crippen LogP contribution is -2.65. The highest BCUT2D eigenvalue weighted by atomic mass is 35.5. The first-order valence-corrected chi connectivity index (χ1v) is 13.4. The largest absolute Gasteiger partial charge is 0.369 e. The molecule has 2 atom stereocenters. The molecule has 0 saturated heterocycles. The van der Waals surface area contributed by atoms with Crippen LogP contribution in [-0.4, -0.2) is 31.8 Å². The normalized spacial score (nSPS) is 35.0. The Labute approximate surface area is 193 Å². The van der Waals surface area contributed by atoms with Crippen LogP contribution < -0.4 is 15.8 Å². The average Bonchev–Trinajstić information content (AvgIpc) is 3.19. The van der Waals surface area contributed by atoms with Gasteiger partial charge in [0.2, 0.25) is 21.8 Å². The zero-order valence-electron chi connectivity index (χ0n) is 18.0. The third-order valence-corrected chi connectivity index (χ3v) is 10.5. The molecule has 9 heteroatoms. The Balaban J connectivity index is 1.37. The standard InChI is InChI=1S/C23H30ClN3O4S/c24-17-5-1-2-6-18(17)32(30,31)27-23(7-3-4-8-23)21(29)26-19-15-9-14-10-16(19)13-22(11-14,12-15)20(25)28/h1-2,5-6,14-16,19,27H,3-4,7-13H2,(H2,25,28)(H,26,29). The number of primary amides is 1. The molecule has 4 N–H and O–H groups in total. The van der Waals surface area contributed by atoms with Crippen LogP contribution in [0.2, 0.25) is 5.02 Å². The van der Waals surface area contributed by atoms with E-state index in [0.717, 1.165) is 44.9 Å². The lowest BCUT2D eigenvalue weighted by Gasteiger charge is -2.59. The Hall–Kier alpha value is -1.64. The molecule has 6 rings (SSSR count). The molecular formula is C23H30ClN3O4S. The molecule has 2 amide bonds. The van der Waals surface area contributed by atoms with Crippen molar-refractivity contribution >= 4 is 33.4 Å². The molecule has 0 heterocycles. The van der Waals surface area contributed by atoms with Gasteiger partial charge in [-0.2, -0.15) is 4.72 Å². The number of sulfonamides is 1. The fourth-order valence-electron chi connectivity index (χ4n) is 7.18. The first-order valence-electron chi connectivity index (χ1n) is 11.5. The molecule has 5 aliphatic carbocycles. The first kappa shape index (κ1) is 22.2. The second-order valence-electron chi connectivity index (χ2n) is 10.4. The maximum Gasteiger partial charge on any atom is 0.243 e. The number of carbonyl (C=O) groups is 2. The number of halogens is 1. The van der Waals surface area contributed by atoms with E-state index < -0.39 is 21.0 Å². The van der Waals surface area contributed by atoms with Gasteiger partial charge in [-0.25, -0.2) is 8.42 Å². The van der Waals surface area contributed by atoms with Crippen molar-refractivity contribution in [3.63, 3.8) is 0 Å². The lowest BCUT2D eigenvalue weighted by molar-refractivity contribution is -0.148. The Kier molecular flexibility index (Phi) is 5.34. The van der Waals surface area contributed by atoms with Crippen molar-refractivity contribution in [1.82, 2.24) is 10.0 Å². The highest BCUT2D eigenvalue weighted by Gasteiger charge is 2.59. The zero-order valence-corrected chi connectivity index (χ0v) is 19.6. The molecule has 0 spiro atoms. The van der Waals surface area contributed by atoms with Crippen molar-refractivity contribution in [2.75, 3.05) is 0 Å². The molecule has 5 saturated carbocycles. The molecule has 5 aliphatic rings. The summed E-state index contributed by atoms with van der Waals surface area (Å²) in [6, 6.07) is 6.23. The van der Waals surface area contributed by atoms with E-state index in [2.05, 4.69) is 10.0 Å². The van der Waals surface area contributed by atoms with E-state index in [1.54, 1.807) is 12.1 Å². The average molecular weight is 480 g/mol. The summed E-state index contributed by atoms with van der Waals surface area (Å²) in [5.41, 5.74) is 4.19. The fourth-order valence-corrected chi connectivity index (χ4v) is 9.12. The van der Waals surface area contributed by atoms with Crippen LogP contribution in [0.15, 0.2) is 29.2 Å². The number of carbonyl (C=O) groups excluding carboxylic acids is 2. The Bertz CT molecular complexity index is 1040. The fraction of sp³-hybridized carbons (Fsp3) is 0.652. The van der Waals surface area contributed by atoms with Gasteiger partial charge in [0, 0.05) is 11.5 Å². The number of rotatable bonds is 6. The summed E-state index contributed by atoms with van der Waals surface area (Å²) in [7, 11) is -3.96. The summed E-state index contributed by atoms with van der Waals surface area (Å²) in [6.45, 7) is 0. The van der Waals surface area contributed by atoms with Gasteiger partial charge in [-0.05, 0) is 74.8 Å². The predicted molar refractivity (Wildman–Crippen MR) is 120 cm³/mol. The van der Waals surface area contributed by atoms with E-state index in [4.69, 9.17) is 17.3 Å². The minimum absolute atomic E-state index is 0.0150. The van der Waals surface area contributed by atoms with Crippen molar-refractivity contribution in [3.05, 3.63) is 29.3 Å². The minimum atomic E-state index is -3.96. The molecule has 0 aromatic heterocycles. The molecule has 1 aromatic carbocycles. The first-order chi connectivity index (χ1) is 15.1. The number of nitrogens with one attached hydrogen (secondary N) is 2. The summed E-state index contributed by atoms with van der Waals surface area (Å²) in [4.78, 5) is 25.8. The second kappa shape index (κ2) is 7.71. The maximum atomic E-state index is 13.6. The number of amides is 2. The van der Waals surface area contributed by atoms with Crippen LogP contribution in [0, 0.1) is 23.2 Å². The van der Waals surface area contributed by atoms with Gasteiger partial charge in [0.05, 0.1) is 5.02 Å². The zero-order chi connectivity index (χ0) is 22.7. The van der Waals surface area contributed by atoms with Crippen LogP contribution in [0.5, 0.6) is 0 Å². The Morgan fingerprint density at radius 2 is 1.66 bits per heavy atom. The summed E-state index contributed by atoms with van der Waals surface area (Å²) >= 11 is 6.14. The van der Waals surface area contributed by atoms with Crippen LogP contribution in [0.4, 0.5) is 0 Å². The Morgan fingerprint density at radius 3 is 2.25 bits per heavy atom. The van der Waals surface area contributed by atoms with Crippen molar-refractivity contribution in [2.45, 2.75) is 74.3 Å². The smallest absolute Gasteiger partial charge is 0.243 e. The molecule has 1 aromatic rings. The topological polar surface area (TPSA) is 118 Å². The van der Waals surface area contributed by atoms with E-state index in [-0.39, 0.29) is 39.6 Å². The van der Waals surface area contributed by atoms with Crippen LogP contribution in [0.25, 0.3) is 0 Å². The van der Waals surface area contributed by atoms with Crippen LogP contribution in [0.3, 0.4) is 0 Å². The highest BCUT2D eigenvalue weighted by molar-refractivity contribution is 7.89. The number of hydrogen-bond donors (Lipinski definition) is 3. The van der Waals surface area contributed by atoms with Gasteiger partial charge < -0.3 is 11.1 Å². The monoisotopic (exact) mass is 479 g/mol. The van der Waals surface area contributed by atoms with Gasteiger partial charge in [-0.15, -0.1) is 0 Å².